The predicted molar refractivity (Wildman–Crippen MR) is 82.7 cm³/mol. The average molecular weight is 284 g/mol. The first-order chi connectivity index (χ1) is 10.0. The molecule has 0 spiro atoms. The number of aliphatic hydroxyl groups excluding tert-OH is 1. The van der Waals surface area contributed by atoms with Gasteiger partial charge in [-0.1, -0.05) is 25.5 Å². The van der Waals surface area contributed by atoms with Crippen LogP contribution in [0.1, 0.15) is 52.4 Å². The molecule has 0 saturated heterocycles. The zero-order valence-electron chi connectivity index (χ0n) is 13.0. The van der Waals surface area contributed by atoms with Crippen molar-refractivity contribution < 1.29 is 9.90 Å². The van der Waals surface area contributed by atoms with E-state index in [0.29, 0.717) is 12.3 Å². The molecule has 3 unspecified atom stereocenters. The average Bonchev–Trinajstić information content (AvgIpc) is 2.83. The van der Waals surface area contributed by atoms with Crippen LogP contribution in [-0.2, 0) is 4.79 Å². The monoisotopic (exact) mass is 284 g/mol. The summed E-state index contributed by atoms with van der Waals surface area (Å²) in [7, 11) is 0. The second-order valence-electron chi connectivity index (χ2n) is 7.59. The maximum absolute atomic E-state index is 11.8. The van der Waals surface area contributed by atoms with Crippen LogP contribution in [-0.4, -0.2) is 17.0 Å². The van der Waals surface area contributed by atoms with Gasteiger partial charge < -0.3 is 5.11 Å². The molecule has 2 heteroatoms. The van der Waals surface area contributed by atoms with Crippen LogP contribution in [0.3, 0.4) is 0 Å². The van der Waals surface area contributed by atoms with Gasteiger partial charge in [-0.3, -0.25) is 4.79 Å². The molecular formula is C19H24O2. The SMILES string of the molecule is CC1CC=C2C3=C(CCC21)C1(C)CCC(=O)C=C1[C@@H](O)C3. The van der Waals surface area contributed by atoms with E-state index in [1.54, 1.807) is 6.08 Å². The lowest BCUT2D eigenvalue weighted by Crippen LogP contribution is -2.40. The van der Waals surface area contributed by atoms with Crippen LogP contribution in [0.2, 0.25) is 0 Å². The van der Waals surface area contributed by atoms with Gasteiger partial charge in [0.15, 0.2) is 5.78 Å². The predicted octanol–water partition coefficient (Wildman–Crippen LogP) is 3.72. The number of rotatable bonds is 0. The molecule has 112 valence electrons. The maximum atomic E-state index is 11.8. The van der Waals surface area contributed by atoms with Crippen LogP contribution in [0.25, 0.3) is 0 Å². The Kier molecular flexibility index (Phi) is 2.85. The molecule has 0 fully saturated rings. The number of fused-ring (bicyclic) bond motifs is 4. The van der Waals surface area contributed by atoms with E-state index in [1.807, 2.05) is 0 Å². The smallest absolute Gasteiger partial charge is 0.155 e. The van der Waals surface area contributed by atoms with Gasteiger partial charge in [-0.05, 0) is 60.3 Å². The number of allylic oxidation sites excluding steroid dienone is 4. The molecular weight excluding hydrogens is 260 g/mol. The molecule has 21 heavy (non-hydrogen) atoms. The van der Waals surface area contributed by atoms with Gasteiger partial charge in [0.1, 0.15) is 0 Å². The molecule has 4 atom stereocenters. The molecule has 4 rings (SSSR count). The molecule has 0 amide bonds. The number of aliphatic hydroxyl groups is 1. The fourth-order valence-corrected chi connectivity index (χ4v) is 5.21. The van der Waals surface area contributed by atoms with Crippen molar-refractivity contribution in [2.24, 2.45) is 17.3 Å². The summed E-state index contributed by atoms with van der Waals surface area (Å²) < 4.78 is 0. The molecule has 4 aliphatic carbocycles. The lowest BCUT2D eigenvalue weighted by atomic mass is 9.57. The van der Waals surface area contributed by atoms with Crippen molar-refractivity contribution in [2.75, 3.05) is 0 Å². The summed E-state index contributed by atoms with van der Waals surface area (Å²) in [5.74, 6) is 1.65. The van der Waals surface area contributed by atoms with Crippen molar-refractivity contribution in [1.82, 2.24) is 0 Å². The normalized spacial score (nSPS) is 42.0. The van der Waals surface area contributed by atoms with Gasteiger partial charge in [-0.15, -0.1) is 0 Å². The summed E-state index contributed by atoms with van der Waals surface area (Å²) in [6, 6.07) is 0. The molecule has 2 nitrogen and oxygen atoms in total. The van der Waals surface area contributed by atoms with Crippen LogP contribution >= 0.6 is 0 Å². The van der Waals surface area contributed by atoms with Crippen LogP contribution in [0, 0.1) is 17.3 Å². The lowest BCUT2D eigenvalue weighted by molar-refractivity contribution is -0.115. The van der Waals surface area contributed by atoms with Crippen LogP contribution < -0.4 is 0 Å². The van der Waals surface area contributed by atoms with E-state index in [4.69, 9.17) is 0 Å². The Balaban J connectivity index is 1.85. The van der Waals surface area contributed by atoms with Gasteiger partial charge >= 0.3 is 0 Å². The van der Waals surface area contributed by atoms with Crippen molar-refractivity contribution in [2.45, 2.75) is 58.5 Å². The summed E-state index contributed by atoms with van der Waals surface area (Å²) in [5, 5.41) is 10.6. The van der Waals surface area contributed by atoms with E-state index < -0.39 is 6.10 Å². The Morgan fingerprint density at radius 1 is 1.33 bits per heavy atom. The molecule has 0 heterocycles. The van der Waals surface area contributed by atoms with E-state index in [9.17, 15) is 9.90 Å². The molecule has 0 radical (unpaired) electrons. The highest BCUT2D eigenvalue weighted by Crippen LogP contribution is 2.57. The second kappa shape index (κ2) is 4.42. The molecule has 0 aliphatic heterocycles. The fourth-order valence-electron chi connectivity index (χ4n) is 5.21. The standard InChI is InChI=1S/C19H24O2/c1-11-3-4-14-13(11)5-6-16-15(14)10-18(21)17-9-12(20)7-8-19(16,17)2/h4,9,11,13,18,21H,3,5-8,10H2,1-2H3/t11?,13?,18-,19?/m0/s1. The second-order valence-corrected chi connectivity index (χ2v) is 7.59. The summed E-state index contributed by atoms with van der Waals surface area (Å²) in [6.07, 6.45) is 9.51. The minimum Gasteiger partial charge on any atom is -0.388 e. The molecule has 0 aromatic carbocycles. The van der Waals surface area contributed by atoms with Crippen molar-refractivity contribution >= 4 is 5.78 Å². The first-order valence-electron chi connectivity index (χ1n) is 8.36. The molecule has 0 aromatic heterocycles. The Hall–Kier alpha value is -1.15. The number of ketones is 1. The Morgan fingerprint density at radius 2 is 2.14 bits per heavy atom. The fraction of sp³-hybridized carbons (Fsp3) is 0.632. The largest absolute Gasteiger partial charge is 0.388 e. The summed E-state index contributed by atoms with van der Waals surface area (Å²) in [5.41, 5.74) is 5.42. The van der Waals surface area contributed by atoms with Crippen LogP contribution in [0.5, 0.6) is 0 Å². The molecule has 1 N–H and O–H groups in total. The van der Waals surface area contributed by atoms with E-state index in [1.165, 1.54) is 29.6 Å². The van der Waals surface area contributed by atoms with E-state index in [2.05, 4.69) is 19.9 Å². The minimum absolute atomic E-state index is 0.0709. The Bertz CT molecular complexity index is 607. The van der Waals surface area contributed by atoms with Gasteiger partial charge in [0.25, 0.3) is 0 Å². The van der Waals surface area contributed by atoms with E-state index in [0.717, 1.165) is 30.8 Å². The molecule has 0 aromatic rings. The molecule has 4 aliphatic rings. The van der Waals surface area contributed by atoms with Gasteiger partial charge in [0.2, 0.25) is 0 Å². The quantitative estimate of drug-likeness (QED) is 0.736. The van der Waals surface area contributed by atoms with Crippen molar-refractivity contribution in [1.29, 1.82) is 0 Å². The van der Waals surface area contributed by atoms with E-state index >= 15 is 0 Å². The number of hydrogen-bond acceptors (Lipinski definition) is 2. The number of carbonyl (C=O) groups is 1. The summed E-state index contributed by atoms with van der Waals surface area (Å²) in [4.78, 5) is 11.8. The third-order valence-corrected chi connectivity index (χ3v) is 6.46. The van der Waals surface area contributed by atoms with Crippen LogP contribution in [0.15, 0.2) is 34.4 Å². The third-order valence-electron chi connectivity index (χ3n) is 6.46. The Morgan fingerprint density at radius 3 is 2.95 bits per heavy atom. The first-order valence-corrected chi connectivity index (χ1v) is 8.36. The molecule has 0 bridgehead atoms. The third kappa shape index (κ3) is 1.78. The summed E-state index contributed by atoms with van der Waals surface area (Å²) >= 11 is 0. The minimum atomic E-state index is -0.464. The highest BCUT2D eigenvalue weighted by atomic mass is 16.3. The van der Waals surface area contributed by atoms with Crippen molar-refractivity contribution in [3.63, 3.8) is 0 Å². The Labute approximate surface area is 126 Å². The highest BCUT2D eigenvalue weighted by molar-refractivity contribution is 5.92. The van der Waals surface area contributed by atoms with E-state index in [-0.39, 0.29) is 11.2 Å². The maximum Gasteiger partial charge on any atom is 0.155 e. The van der Waals surface area contributed by atoms with Gasteiger partial charge in [0, 0.05) is 18.3 Å². The number of hydrogen-bond donors (Lipinski definition) is 1. The van der Waals surface area contributed by atoms with Gasteiger partial charge in [-0.2, -0.15) is 0 Å². The van der Waals surface area contributed by atoms with Crippen LogP contribution in [0.4, 0.5) is 0 Å². The van der Waals surface area contributed by atoms with Crippen molar-refractivity contribution in [3.8, 4) is 0 Å². The summed E-state index contributed by atoms with van der Waals surface area (Å²) in [6.45, 7) is 4.60. The highest BCUT2D eigenvalue weighted by Gasteiger charge is 2.47. The zero-order valence-corrected chi connectivity index (χ0v) is 13.0. The van der Waals surface area contributed by atoms with Gasteiger partial charge in [-0.25, -0.2) is 0 Å². The van der Waals surface area contributed by atoms with Crippen molar-refractivity contribution in [3.05, 3.63) is 34.4 Å². The first kappa shape index (κ1) is 13.5. The topological polar surface area (TPSA) is 37.3 Å². The molecule has 0 saturated carbocycles. The van der Waals surface area contributed by atoms with Gasteiger partial charge in [0.05, 0.1) is 6.10 Å². The zero-order chi connectivity index (χ0) is 14.8. The number of carbonyl (C=O) groups excluding carboxylic acids is 1. The lowest BCUT2D eigenvalue weighted by Gasteiger charge is -2.48.